The second kappa shape index (κ2) is 6.68. The summed E-state index contributed by atoms with van der Waals surface area (Å²) in [5, 5.41) is 2.08. The van der Waals surface area contributed by atoms with E-state index in [4.69, 9.17) is 5.73 Å². The minimum Gasteiger partial charge on any atom is -0.366 e. The van der Waals surface area contributed by atoms with Crippen LogP contribution in [0.15, 0.2) is 35.7 Å². The van der Waals surface area contributed by atoms with Crippen LogP contribution in [0.1, 0.15) is 17.4 Å². The molecular formula is C15H19FN2S. The Bertz CT molecular complexity index is 511. The van der Waals surface area contributed by atoms with E-state index in [1.807, 2.05) is 6.07 Å². The van der Waals surface area contributed by atoms with Crippen molar-refractivity contribution >= 4 is 17.0 Å². The van der Waals surface area contributed by atoms with Gasteiger partial charge in [0.1, 0.15) is 5.82 Å². The van der Waals surface area contributed by atoms with Crippen molar-refractivity contribution in [1.82, 2.24) is 0 Å². The molecule has 0 aliphatic carbocycles. The fourth-order valence-corrected chi connectivity index (χ4v) is 2.90. The highest BCUT2D eigenvalue weighted by Gasteiger charge is 2.11. The van der Waals surface area contributed by atoms with E-state index in [0.29, 0.717) is 13.0 Å². The van der Waals surface area contributed by atoms with E-state index in [2.05, 4.69) is 29.3 Å². The first kappa shape index (κ1) is 14.0. The number of thiophene rings is 1. The highest BCUT2D eigenvalue weighted by Crippen LogP contribution is 2.25. The van der Waals surface area contributed by atoms with E-state index in [0.717, 1.165) is 24.3 Å². The molecule has 0 atom stereocenters. The van der Waals surface area contributed by atoms with Gasteiger partial charge in [0.25, 0.3) is 0 Å². The third kappa shape index (κ3) is 3.55. The molecule has 0 saturated carbocycles. The van der Waals surface area contributed by atoms with E-state index in [-0.39, 0.29) is 5.82 Å². The predicted octanol–water partition coefficient (Wildman–Crippen LogP) is 3.41. The van der Waals surface area contributed by atoms with Crippen molar-refractivity contribution in [3.05, 3.63) is 52.0 Å². The number of nitrogens with two attached hydrogens (primary N) is 1. The molecule has 2 rings (SSSR count). The Hall–Kier alpha value is -1.39. The topological polar surface area (TPSA) is 29.3 Å². The quantitative estimate of drug-likeness (QED) is 0.877. The maximum atomic E-state index is 13.4. The number of hydrogen-bond donors (Lipinski definition) is 1. The first-order chi connectivity index (χ1) is 9.24. The van der Waals surface area contributed by atoms with Gasteiger partial charge in [-0.3, -0.25) is 0 Å². The largest absolute Gasteiger partial charge is 0.366 e. The normalized spacial score (nSPS) is 10.7. The van der Waals surface area contributed by atoms with Crippen LogP contribution in [0, 0.1) is 5.82 Å². The summed E-state index contributed by atoms with van der Waals surface area (Å²) in [5.74, 6) is -0.195. The van der Waals surface area contributed by atoms with Gasteiger partial charge in [0.15, 0.2) is 0 Å². The minimum absolute atomic E-state index is 0.195. The average molecular weight is 278 g/mol. The van der Waals surface area contributed by atoms with Crippen LogP contribution in [0.3, 0.4) is 0 Å². The Morgan fingerprint density at radius 2 is 2.16 bits per heavy atom. The van der Waals surface area contributed by atoms with Crippen LogP contribution in [-0.4, -0.2) is 13.1 Å². The van der Waals surface area contributed by atoms with E-state index in [1.165, 1.54) is 10.9 Å². The summed E-state index contributed by atoms with van der Waals surface area (Å²) >= 11 is 1.74. The average Bonchev–Trinajstić information content (AvgIpc) is 2.90. The van der Waals surface area contributed by atoms with Crippen LogP contribution < -0.4 is 10.6 Å². The lowest BCUT2D eigenvalue weighted by atomic mass is 10.1. The van der Waals surface area contributed by atoms with E-state index < -0.39 is 0 Å². The van der Waals surface area contributed by atoms with Crippen molar-refractivity contribution in [1.29, 1.82) is 0 Å². The highest BCUT2D eigenvalue weighted by molar-refractivity contribution is 7.09. The molecule has 0 aliphatic rings. The smallest absolute Gasteiger partial charge is 0.123 e. The lowest BCUT2D eigenvalue weighted by molar-refractivity contribution is 0.624. The molecule has 0 bridgehead atoms. The molecule has 4 heteroatoms. The summed E-state index contributed by atoms with van der Waals surface area (Å²) in [5.41, 5.74) is 7.69. The Morgan fingerprint density at radius 1 is 1.32 bits per heavy atom. The predicted molar refractivity (Wildman–Crippen MR) is 80.2 cm³/mol. The summed E-state index contributed by atoms with van der Waals surface area (Å²) in [4.78, 5) is 3.57. The van der Waals surface area contributed by atoms with Crippen LogP contribution in [0.25, 0.3) is 0 Å². The lowest BCUT2D eigenvalue weighted by Crippen LogP contribution is -2.23. The van der Waals surface area contributed by atoms with Crippen LogP contribution in [0.4, 0.5) is 10.1 Å². The number of rotatable bonds is 6. The number of hydrogen-bond acceptors (Lipinski definition) is 3. The van der Waals surface area contributed by atoms with Crippen LogP contribution in [-0.2, 0) is 13.0 Å². The van der Waals surface area contributed by atoms with E-state index in [1.54, 1.807) is 17.4 Å². The molecule has 1 aromatic heterocycles. The fraction of sp³-hybridized carbons (Fsp3) is 0.333. The molecule has 0 saturated heterocycles. The van der Waals surface area contributed by atoms with Gasteiger partial charge >= 0.3 is 0 Å². The monoisotopic (exact) mass is 278 g/mol. The maximum Gasteiger partial charge on any atom is 0.123 e. The molecule has 0 radical (unpaired) electrons. The van der Waals surface area contributed by atoms with Gasteiger partial charge in [0.05, 0.1) is 6.54 Å². The van der Waals surface area contributed by atoms with Crippen molar-refractivity contribution in [3.63, 3.8) is 0 Å². The molecule has 0 fully saturated rings. The molecule has 1 heterocycles. The van der Waals surface area contributed by atoms with Crippen molar-refractivity contribution in [2.45, 2.75) is 19.9 Å². The summed E-state index contributed by atoms with van der Waals surface area (Å²) < 4.78 is 13.4. The summed E-state index contributed by atoms with van der Waals surface area (Å²) in [6, 6.07) is 9.15. The third-order valence-corrected chi connectivity index (χ3v) is 3.97. The maximum absolute atomic E-state index is 13.4. The first-order valence-electron chi connectivity index (χ1n) is 6.50. The van der Waals surface area contributed by atoms with E-state index in [9.17, 15) is 4.39 Å². The lowest BCUT2D eigenvalue weighted by Gasteiger charge is -2.25. The number of halogens is 1. The molecule has 2 N–H and O–H groups in total. The molecule has 0 aliphatic heterocycles. The summed E-state index contributed by atoms with van der Waals surface area (Å²) in [7, 11) is 0. The Morgan fingerprint density at radius 3 is 2.79 bits per heavy atom. The summed E-state index contributed by atoms with van der Waals surface area (Å²) in [6.45, 7) is 4.40. The Labute approximate surface area is 117 Å². The molecular weight excluding hydrogens is 259 g/mol. The van der Waals surface area contributed by atoms with Crippen LogP contribution in [0.5, 0.6) is 0 Å². The zero-order valence-corrected chi connectivity index (χ0v) is 11.9. The van der Waals surface area contributed by atoms with Crippen molar-refractivity contribution in [3.8, 4) is 0 Å². The molecule has 0 unspecified atom stereocenters. The molecule has 2 aromatic rings. The zero-order chi connectivity index (χ0) is 13.7. The number of anilines is 1. The molecule has 0 amide bonds. The SMILES string of the molecule is CCN(Cc1cccs1)c1ccc(F)cc1CCN. The molecule has 102 valence electrons. The van der Waals surface area contributed by atoms with Crippen LogP contribution >= 0.6 is 11.3 Å². The van der Waals surface area contributed by atoms with Gasteiger partial charge in [0, 0.05) is 17.1 Å². The molecule has 1 aromatic carbocycles. The van der Waals surface area contributed by atoms with Gasteiger partial charge in [0.2, 0.25) is 0 Å². The van der Waals surface area contributed by atoms with Gasteiger partial charge in [-0.25, -0.2) is 4.39 Å². The minimum atomic E-state index is -0.195. The van der Waals surface area contributed by atoms with Crippen molar-refractivity contribution in [2.75, 3.05) is 18.0 Å². The third-order valence-electron chi connectivity index (χ3n) is 3.10. The van der Waals surface area contributed by atoms with Crippen molar-refractivity contribution in [2.24, 2.45) is 5.73 Å². The molecule has 19 heavy (non-hydrogen) atoms. The fourth-order valence-electron chi connectivity index (χ4n) is 2.18. The second-order valence-corrected chi connectivity index (χ2v) is 5.44. The summed E-state index contributed by atoms with van der Waals surface area (Å²) in [6.07, 6.45) is 0.702. The van der Waals surface area contributed by atoms with Gasteiger partial charge in [-0.15, -0.1) is 11.3 Å². The van der Waals surface area contributed by atoms with Gasteiger partial charge in [-0.1, -0.05) is 6.07 Å². The Balaban J connectivity index is 2.26. The Kier molecular flexibility index (Phi) is 4.93. The van der Waals surface area contributed by atoms with Gasteiger partial charge < -0.3 is 10.6 Å². The second-order valence-electron chi connectivity index (χ2n) is 4.41. The molecule has 2 nitrogen and oxygen atoms in total. The van der Waals surface area contributed by atoms with Gasteiger partial charge in [-0.05, 0) is 55.1 Å². The number of nitrogens with zero attached hydrogens (tertiary/aromatic N) is 1. The standard InChI is InChI=1S/C15H19FN2S/c1-2-18(11-14-4-3-9-19-14)15-6-5-13(16)10-12(15)7-8-17/h3-6,9-10H,2,7-8,11,17H2,1H3. The highest BCUT2D eigenvalue weighted by atomic mass is 32.1. The first-order valence-corrected chi connectivity index (χ1v) is 7.38. The molecule has 0 spiro atoms. The zero-order valence-electron chi connectivity index (χ0n) is 11.1. The van der Waals surface area contributed by atoms with Crippen molar-refractivity contribution < 1.29 is 4.39 Å². The van der Waals surface area contributed by atoms with Gasteiger partial charge in [-0.2, -0.15) is 0 Å². The van der Waals surface area contributed by atoms with Crippen LogP contribution in [0.2, 0.25) is 0 Å². The van der Waals surface area contributed by atoms with E-state index >= 15 is 0 Å². The number of benzene rings is 1.